The number of amides is 1. The molecule has 32 heavy (non-hydrogen) atoms. The fraction of sp³-hybridized carbons (Fsp3) is 0.167. The summed E-state index contributed by atoms with van der Waals surface area (Å²) in [4.78, 5) is 16.8. The van der Waals surface area contributed by atoms with E-state index in [0.29, 0.717) is 23.2 Å². The SMILES string of the molecule is O=C(C=C1CCOc2cc(C(F)(F)F)ccc21)Nc1cncc(-c2ccccc2CO)c1. The molecule has 8 heteroatoms. The number of anilines is 1. The van der Waals surface area contributed by atoms with E-state index in [1.807, 2.05) is 18.2 Å². The number of nitrogens with one attached hydrogen (secondary N) is 1. The second kappa shape index (κ2) is 8.84. The van der Waals surface area contributed by atoms with Crippen molar-refractivity contribution in [2.45, 2.75) is 19.2 Å². The standard InChI is InChI=1S/C24H19F3N2O3/c25-24(26,27)18-5-6-21-15(7-8-32-22(21)11-18)10-23(31)29-19-9-17(12-28-13-19)20-4-2-1-3-16(20)14-30/h1-6,9-13,30H,7-8,14H2,(H,29,31). The number of aliphatic hydroxyl groups is 1. The van der Waals surface area contributed by atoms with E-state index in [-0.39, 0.29) is 19.0 Å². The van der Waals surface area contributed by atoms with Crippen LogP contribution in [0.2, 0.25) is 0 Å². The van der Waals surface area contributed by atoms with Gasteiger partial charge in [0.1, 0.15) is 5.75 Å². The van der Waals surface area contributed by atoms with Crippen LogP contribution in [-0.2, 0) is 17.6 Å². The van der Waals surface area contributed by atoms with Gasteiger partial charge in [-0.3, -0.25) is 9.78 Å². The van der Waals surface area contributed by atoms with Crippen molar-refractivity contribution >= 4 is 17.2 Å². The summed E-state index contributed by atoms with van der Waals surface area (Å²) in [7, 11) is 0. The molecule has 2 N–H and O–H groups in total. The van der Waals surface area contributed by atoms with Crippen LogP contribution in [0.5, 0.6) is 5.75 Å². The summed E-state index contributed by atoms with van der Waals surface area (Å²) in [5.41, 5.74) is 2.98. The lowest BCUT2D eigenvalue weighted by Crippen LogP contribution is -2.14. The molecule has 1 aliphatic rings. The Morgan fingerprint density at radius 1 is 1.12 bits per heavy atom. The minimum atomic E-state index is -4.47. The molecule has 5 nitrogen and oxygen atoms in total. The molecule has 2 aromatic carbocycles. The van der Waals surface area contributed by atoms with E-state index < -0.39 is 17.6 Å². The van der Waals surface area contributed by atoms with Gasteiger partial charge in [-0.15, -0.1) is 0 Å². The van der Waals surface area contributed by atoms with Crippen LogP contribution >= 0.6 is 0 Å². The first-order valence-corrected chi connectivity index (χ1v) is 9.85. The van der Waals surface area contributed by atoms with E-state index in [4.69, 9.17) is 4.74 Å². The van der Waals surface area contributed by atoms with Crippen LogP contribution in [0.4, 0.5) is 18.9 Å². The lowest BCUT2D eigenvalue weighted by molar-refractivity contribution is -0.137. The number of benzene rings is 2. The van der Waals surface area contributed by atoms with Crippen LogP contribution in [0.3, 0.4) is 0 Å². The summed E-state index contributed by atoms with van der Waals surface area (Å²) in [6, 6.07) is 12.3. The van der Waals surface area contributed by atoms with Crippen molar-refractivity contribution in [3.8, 4) is 16.9 Å². The van der Waals surface area contributed by atoms with Crippen LogP contribution < -0.4 is 10.1 Å². The monoisotopic (exact) mass is 440 g/mol. The number of fused-ring (bicyclic) bond motifs is 1. The molecule has 3 aromatic rings. The molecule has 0 bridgehead atoms. The van der Waals surface area contributed by atoms with Crippen molar-refractivity contribution in [2.24, 2.45) is 0 Å². The highest BCUT2D eigenvalue weighted by molar-refractivity contribution is 6.04. The summed E-state index contributed by atoms with van der Waals surface area (Å²) in [5.74, 6) is -0.323. The molecule has 0 atom stereocenters. The molecule has 0 radical (unpaired) electrons. The Morgan fingerprint density at radius 2 is 1.94 bits per heavy atom. The maximum Gasteiger partial charge on any atom is 0.416 e. The Labute approximate surface area is 182 Å². The third-order valence-corrected chi connectivity index (χ3v) is 5.09. The Kier molecular flexibility index (Phi) is 5.96. The van der Waals surface area contributed by atoms with Gasteiger partial charge in [-0.2, -0.15) is 13.2 Å². The van der Waals surface area contributed by atoms with Crippen molar-refractivity contribution in [2.75, 3.05) is 11.9 Å². The first-order chi connectivity index (χ1) is 15.3. The Hall–Kier alpha value is -3.65. The number of halogens is 3. The van der Waals surface area contributed by atoms with E-state index in [2.05, 4.69) is 10.3 Å². The summed E-state index contributed by atoms with van der Waals surface area (Å²) in [5, 5.41) is 12.3. The van der Waals surface area contributed by atoms with Crippen LogP contribution in [-0.4, -0.2) is 22.6 Å². The number of nitrogens with zero attached hydrogens (tertiary/aromatic N) is 1. The van der Waals surface area contributed by atoms with E-state index in [0.717, 1.165) is 28.8 Å². The second-order valence-electron chi connectivity index (χ2n) is 7.24. The molecule has 0 aliphatic carbocycles. The normalized spacial score (nSPS) is 14.6. The largest absolute Gasteiger partial charge is 0.493 e. The maximum atomic E-state index is 13.0. The number of alkyl halides is 3. The highest BCUT2D eigenvalue weighted by Gasteiger charge is 2.32. The van der Waals surface area contributed by atoms with Crippen LogP contribution in [0, 0.1) is 0 Å². The van der Waals surface area contributed by atoms with Gasteiger partial charge in [0.15, 0.2) is 0 Å². The number of hydrogen-bond acceptors (Lipinski definition) is 4. The van der Waals surface area contributed by atoms with Gasteiger partial charge in [0.2, 0.25) is 5.91 Å². The highest BCUT2D eigenvalue weighted by Crippen LogP contribution is 2.38. The van der Waals surface area contributed by atoms with Crippen molar-refractivity contribution < 1.29 is 27.8 Å². The quantitative estimate of drug-likeness (QED) is 0.556. The third kappa shape index (κ3) is 4.65. The number of carbonyl (C=O) groups excluding carboxylic acids is 1. The van der Waals surface area contributed by atoms with E-state index in [1.165, 1.54) is 18.3 Å². The molecule has 2 heterocycles. The van der Waals surface area contributed by atoms with E-state index in [9.17, 15) is 23.1 Å². The summed E-state index contributed by atoms with van der Waals surface area (Å²) < 4.78 is 44.2. The van der Waals surface area contributed by atoms with Gasteiger partial charge in [-0.25, -0.2) is 0 Å². The molecule has 0 fully saturated rings. The molecule has 0 saturated heterocycles. The van der Waals surface area contributed by atoms with Crippen LogP contribution in [0.25, 0.3) is 16.7 Å². The van der Waals surface area contributed by atoms with Crippen molar-refractivity contribution in [1.29, 1.82) is 0 Å². The fourth-order valence-electron chi connectivity index (χ4n) is 3.57. The average Bonchev–Trinajstić information content (AvgIpc) is 2.78. The number of aliphatic hydroxyl groups excluding tert-OH is 1. The number of ether oxygens (including phenoxy) is 1. The predicted molar refractivity (Wildman–Crippen MR) is 114 cm³/mol. The van der Waals surface area contributed by atoms with Gasteiger partial charge >= 0.3 is 6.18 Å². The number of carbonyl (C=O) groups is 1. The predicted octanol–water partition coefficient (Wildman–Crippen LogP) is 5.06. The minimum absolute atomic E-state index is 0.106. The Morgan fingerprint density at radius 3 is 2.72 bits per heavy atom. The Bertz CT molecular complexity index is 1190. The summed E-state index contributed by atoms with van der Waals surface area (Å²) in [6.45, 7) is 0.0544. The molecular formula is C24H19F3N2O3. The third-order valence-electron chi connectivity index (χ3n) is 5.09. The van der Waals surface area contributed by atoms with Crippen molar-refractivity contribution in [3.05, 3.63) is 83.7 Å². The zero-order valence-corrected chi connectivity index (χ0v) is 16.8. The van der Waals surface area contributed by atoms with Crippen molar-refractivity contribution in [3.63, 3.8) is 0 Å². The van der Waals surface area contributed by atoms with Gasteiger partial charge in [0.05, 0.1) is 30.7 Å². The molecule has 164 valence electrons. The number of rotatable bonds is 4. The zero-order valence-electron chi connectivity index (χ0n) is 16.8. The van der Waals surface area contributed by atoms with E-state index >= 15 is 0 Å². The molecular weight excluding hydrogens is 421 g/mol. The first kappa shape index (κ1) is 21.6. The molecule has 1 aromatic heterocycles. The summed E-state index contributed by atoms with van der Waals surface area (Å²) >= 11 is 0. The van der Waals surface area contributed by atoms with Gasteiger partial charge in [-0.1, -0.05) is 30.3 Å². The molecule has 1 aliphatic heterocycles. The van der Waals surface area contributed by atoms with Crippen LogP contribution in [0.15, 0.2) is 67.0 Å². The van der Waals surface area contributed by atoms with Gasteiger partial charge in [0, 0.05) is 29.8 Å². The van der Waals surface area contributed by atoms with Gasteiger partial charge < -0.3 is 15.2 Å². The minimum Gasteiger partial charge on any atom is -0.493 e. The first-order valence-electron chi connectivity index (χ1n) is 9.85. The Balaban J connectivity index is 1.56. The highest BCUT2D eigenvalue weighted by atomic mass is 19.4. The zero-order chi connectivity index (χ0) is 22.7. The molecule has 0 unspecified atom stereocenters. The molecule has 0 saturated carbocycles. The van der Waals surface area contributed by atoms with Gasteiger partial charge in [-0.05, 0) is 34.9 Å². The number of pyridine rings is 1. The molecule has 0 spiro atoms. The maximum absolute atomic E-state index is 13.0. The smallest absolute Gasteiger partial charge is 0.416 e. The van der Waals surface area contributed by atoms with E-state index in [1.54, 1.807) is 18.3 Å². The summed E-state index contributed by atoms with van der Waals surface area (Å²) in [6.07, 6.45) is 0.422. The molecule has 1 amide bonds. The lowest BCUT2D eigenvalue weighted by atomic mass is 9.97. The fourth-order valence-corrected chi connectivity index (χ4v) is 3.57. The van der Waals surface area contributed by atoms with Crippen molar-refractivity contribution in [1.82, 2.24) is 4.98 Å². The van der Waals surface area contributed by atoms with Gasteiger partial charge in [0.25, 0.3) is 0 Å². The number of hydrogen-bond donors (Lipinski definition) is 2. The lowest BCUT2D eigenvalue weighted by Gasteiger charge is -2.21. The number of aromatic nitrogens is 1. The molecule has 4 rings (SSSR count). The average molecular weight is 440 g/mol. The second-order valence-corrected chi connectivity index (χ2v) is 7.24. The topological polar surface area (TPSA) is 71.5 Å². The van der Waals surface area contributed by atoms with Crippen LogP contribution in [0.1, 0.15) is 23.1 Å².